The summed E-state index contributed by atoms with van der Waals surface area (Å²) in [4.78, 5) is 0. The zero-order valence-electron chi connectivity index (χ0n) is 12.2. The lowest BCUT2D eigenvalue weighted by Gasteiger charge is -2.17. The highest BCUT2D eigenvalue weighted by Gasteiger charge is 2.13. The van der Waals surface area contributed by atoms with Crippen LogP contribution in [0.1, 0.15) is 23.5 Å². The Hall–Kier alpha value is -2.10. The van der Waals surface area contributed by atoms with Crippen molar-refractivity contribution in [3.8, 4) is 11.1 Å². The number of hydrogen-bond donors (Lipinski definition) is 2. The molecule has 0 saturated carbocycles. The van der Waals surface area contributed by atoms with Gasteiger partial charge in [0.25, 0.3) is 0 Å². The first-order valence-corrected chi connectivity index (χ1v) is 7.70. The summed E-state index contributed by atoms with van der Waals surface area (Å²) in [5.41, 5.74) is 10.6. The summed E-state index contributed by atoms with van der Waals surface area (Å²) in [5, 5.41) is 7.58. The Balaban J connectivity index is 1.90. The number of aromatic nitrogens is 2. The first kappa shape index (κ1) is 14.8. The van der Waals surface area contributed by atoms with Gasteiger partial charge in [-0.25, -0.2) is 0 Å². The maximum atomic E-state index is 5.98. The average molecular weight is 312 g/mol. The van der Waals surface area contributed by atoms with Crippen LogP contribution in [0.15, 0.2) is 60.9 Å². The van der Waals surface area contributed by atoms with Gasteiger partial charge in [0.2, 0.25) is 0 Å². The largest absolute Gasteiger partial charge is 0.330 e. The van der Waals surface area contributed by atoms with Gasteiger partial charge < -0.3 is 5.73 Å². The number of halogens is 1. The van der Waals surface area contributed by atoms with E-state index < -0.39 is 0 Å². The third-order valence-electron chi connectivity index (χ3n) is 3.87. The molecule has 0 aliphatic heterocycles. The molecule has 0 bridgehead atoms. The number of nitrogens with two attached hydrogens (primary N) is 1. The summed E-state index contributed by atoms with van der Waals surface area (Å²) < 4.78 is 0. The molecule has 22 heavy (non-hydrogen) atoms. The Bertz CT molecular complexity index is 703. The Morgan fingerprint density at radius 1 is 0.955 bits per heavy atom. The lowest BCUT2D eigenvalue weighted by atomic mass is 9.88. The molecule has 3 rings (SSSR count). The van der Waals surface area contributed by atoms with Gasteiger partial charge in [0.05, 0.1) is 6.20 Å². The molecule has 0 amide bonds. The predicted molar refractivity (Wildman–Crippen MR) is 91.0 cm³/mol. The van der Waals surface area contributed by atoms with Crippen LogP contribution in [-0.4, -0.2) is 16.7 Å². The van der Waals surface area contributed by atoms with Crippen LogP contribution in [0.3, 0.4) is 0 Å². The highest BCUT2D eigenvalue weighted by atomic mass is 35.5. The highest BCUT2D eigenvalue weighted by molar-refractivity contribution is 6.30. The van der Waals surface area contributed by atoms with Gasteiger partial charge in [0, 0.05) is 22.7 Å². The molecule has 0 radical (unpaired) electrons. The molecule has 3 N–H and O–H groups in total. The molecule has 3 nitrogen and oxygen atoms in total. The van der Waals surface area contributed by atoms with Crippen molar-refractivity contribution in [3.05, 3.63) is 77.1 Å². The molecule has 1 aromatic heterocycles. The fourth-order valence-corrected chi connectivity index (χ4v) is 2.83. The van der Waals surface area contributed by atoms with E-state index in [1.54, 1.807) is 0 Å². The minimum atomic E-state index is 0.292. The summed E-state index contributed by atoms with van der Waals surface area (Å²) in [6, 6.07) is 16.6. The standard InChI is InChI=1S/C18H18ClN3/c19-17-7-5-15(6-8-17)18(9-10-20)14-3-1-13(2-4-14)16-11-21-22-12-16/h1-8,11-12,18H,9-10,20H2,(H,21,22)/t18-/m1/s1. The topological polar surface area (TPSA) is 54.7 Å². The van der Waals surface area contributed by atoms with Crippen LogP contribution in [0.4, 0.5) is 0 Å². The zero-order valence-corrected chi connectivity index (χ0v) is 12.9. The van der Waals surface area contributed by atoms with Crippen molar-refractivity contribution in [2.24, 2.45) is 5.73 Å². The van der Waals surface area contributed by atoms with Gasteiger partial charge in [-0.15, -0.1) is 0 Å². The molecule has 0 fully saturated rings. The summed E-state index contributed by atoms with van der Waals surface area (Å²) in [6.45, 7) is 0.650. The Labute approximate surface area is 135 Å². The fourth-order valence-electron chi connectivity index (χ4n) is 2.70. The van der Waals surface area contributed by atoms with Gasteiger partial charge in [-0.3, -0.25) is 5.10 Å². The van der Waals surface area contributed by atoms with E-state index >= 15 is 0 Å². The van der Waals surface area contributed by atoms with E-state index in [4.69, 9.17) is 17.3 Å². The highest BCUT2D eigenvalue weighted by Crippen LogP contribution is 2.30. The van der Waals surface area contributed by atoms with Crippen molar-refractivity contribution in [1.29, 1.82) is 0 Å². The van der Waals surface area contributed by atoms with Gasteiger partial charge in [-0.1, -0.05) is 48.0 Å². The number of aromatic amines is 1. The van der Waals surface area contributed by atoms with Crippen molar-refractivity contribution in [2.45, 2.75) is 12.3 Å². The van der Waals surface area contributed by atoms with Crippen molar-refractivity contribution in [2.75, 3.05) is 6.54 Å². The molecule has 4 heteroatoms. The van der Waals surface area contributed by atoms with E-state index in [2.05, 4.69) is 46.6 Å². The smallest absolute Gasteiger partial charge is 0.0565 e. The maximum Gasteiger partial charge on any atom is 0.0565 e. The van der Waals surface area contributed by atoms with E-state index in [1.807, 2.05) is 24.5 Å². The zero-order chi connectivity index (χ0) is 15.4. The summed E-state index contributed by atoms with van der Waals surface area (Å²) in [7, 11) is 0. The predicted octanol–water partition coefficient (Wildman–Crippen LogP) is 4.21. The van der Waals surface area contributed by atoms with Gasteiger partial charge in [0.1, 0.15) is 0 Å². The van der Waals surface area contributed by atoms with E-state index in [0.29, 0.717) is 12.5 Å². The van der Waals surface area contributed by atoms with Crippen LogP contribution in [0.5, 0.6) is 0 Å². The van der Waals surface area contributed by atoms with E-state index in [0.717, 1.165) is 22.6 Å². The molecular formula is C18H18ClN3. The normalized spacial score (nSPS) is 12.3. The van der Waals surface area contributed by atoms with Crippen LogP contribution in [0.25, 0.3) is 11.1 Å². The second kappa shape index (κ2) is 6.77. The molecule has 112 valence electrons. The maximum absolute atomic E-state index is 5.98. The minimum Gasteiger partial charge on any atom is -0.330 e. The van der Waals surface area contributed by atoms with Crippen molar-refractivity contribution >= 4 is 11.6 Å². The second-order valence-corrected chi connectivity index (χ2v) is 5.73. The molecule has 0 saturated heterocycles. The van der Waals surface area contributed by atoms with Crippen LogP contribution >= 0.6 is 11.6 Å². The minimum absolute atomic E-state index is 0.292. The molecule has 1 atom stereocenters. The number of rotatable bonds is 5. The summed E-state index contributed by atoms with van der Waals surface area (Å²) >= 11 is 5.98. The van der Waals surface area contributed by atoms with E-state index in [1.165, 1.54) is 11.1 Å². The number of benzene rings is 2. The number of nitrogens with zero attached hydrogens (tertiary/aromatic N) is 1. The molecule has 0 aliphatic rings. The SMILES string of the molecule is NCC[C@@H](c1ccc(Cl)cc1)c1ccc(-c2cn[nH]c2)cc1. The fraction of sp³-hybridized carbons (Fsp3) is 0.167. The van der Waals surface area contributed by atoms with Crippen LogP contribution in [0, 0.1) is 0 Å². The molecule has 0 unspecified atom stereocenters. The third kappa shape index (κ3) is 3.21. The average Bonchev–Trinajstić information content (AvgIpc) is 3.08. The Morgan fingerprint density at radius 2 is 1.59 bits per heavy atom. The lowest BCUT2D eigenvalue weighted by molar-refractivity contribution is 0.726. The Morgan fingerprint density at radius 3 is 2.14 bits per heavy atom. The van der Waals surface area contributed by atoms with E-state index in [9.17, 15) is 0 Å². The van der Waals surface area contributed by atoms with Gasteiger partial charge in [0.15, 0.2) is 0 Å². The van der Waals surface area contributed by atoms with E-state index in [-0.39, 0.29) is 0 Å². The van der Waals surface area contributed by atoms with Crippen molar-refractivity contribution < 1.29 is 0 Å². The second-order valence-electron chi connectivity index (χ2n) is 5.29. The van der Waals surface area contributed by atoms with Gasteiger partial charge in [-0.05, 0) is 41.8 Å². The van der Waals surface area contributed by atoms with Crippen molar-refractivity contribution in [1.82, 2.24) is 10.2 Å². The number of hydrogen-bond acceptors (Lipinski definition) is 2. The first-order chi connectivity index (χ1) is 10.8. The van der Waals surface area contributed by atoms with Gasteiger partial charge >= 0.3 is 0 Å². The third-order valence-corrected chi connectivity index (χ3v) is 4.12. The number of H-pyrrole nitrogens is 1. The summed E-state index contributed by atoms with van der Waals surface area (Å²) in [6.07, 6.45) is 4.63. The van der Waals surface area contributed by atoms with Crippen LogP contribution in [-0.2, 0) is 0 Å². The monoisotopic (exact) mass is 311 g/mol. The molecule has 0 spiro atoms. The van der Waals surface area contributed by atoms with Crippen LogP contribution < -0.4 is 5.73 Å². The number of nitrogens with one attached hydrogen (secondary N) is 1. The molecule has 3 aromatic rings. The molecule has 1 heterocycles. The molecule has 2 aromatic carbocycles. The first-order valence-electron chi connectivity index (χ1n) is 7.32. The quantitative estimate of drug-likeness (QED) is 0.741. The molecule has 0 aliphatic carbocycles. The lowest BCUT2D eigenvalue weighted by Crippen LogP contribution is -2.08. The molecular weight excluding hydrogens is 294 g/mol. The van der Waals surface area contributed by atoms with Gasteiger partial charge in [-0.2, -0.15) is 5.10 Å². The summed E-state index contributed by atoms with van der Waals surface area (Å²) in [5.74, 6) is 0.292. The van der Waals surface area contributed by atoms with Crippen LogP contribution in [0.2, 0.25) is 5.02 Å². The Kier molecular flexibility index (Phi) is 4.56. The van der Waals surface area contributed by atoms with Crippen molar-refractivity contribution in [3.63, 3.8) is 0 Å².